The zero-order valence-electron chi connectivity index (χ0n) is 13.7. The fraction of sp³-hybridized carbons (Fsp3) is 0.667. The number of nitrogens with zero attached hydrogens (tertiary/aromatic N) is 1. The summed E-state index contributed by atoms with van der Waals surface area (Å²) in [4.78, 5) is 2.53. The van der Waals surface area contributed by atoms with Crippen LogP contribution < -0.4 is 5.32 Å². The molecular weight excluding hydrogens is 244 g/mol. The molecule has 1 saturated carbocycles. The molecule has 2 heteroatoms. The van der Waals surface area contributed by atoms with Gasteiger partial charge in [0, 0.05) is 18.6 Å². The van der Waals surface area contributed by atoms with Gasteiger partial charge in [0.25, 0.3) is 0 Å². The van der Waals surface area contributed by atoms with Crippen molar-refractivity contribution in [3.8, 4) is 0 Å². The molecule has 0 aromatic heterocycles. The van der Waals surface area contributed by atoms with Crippen LogP contribution in [-0.4, -0.2) is 31.1 Å². The second-order valence-electron chi connectivity index (χ2n) is 6.49. The predicted molar refractivity (Wildman–Crippen MR) is 87.1 cm³/mol. The molecule has 0 heterocycles. The fourth-order valence-corrected chi connectivity index (χ4v) is 3.05. The molecule has 1 aromatic carbocycles. The molecule has 1 aliphatic rings. The summed E-state index contributed by atoms with van der Waals surface area (Å²) < 4.78 is 0. The minimum Gasteiger partial charge on any atom is -0.309 e. The van der Waals surface area contributed by atoms with E-state index in [9.17, 15) is 0 Å². The third-order valence-corrected chi connectivity index (χ3v) is 4.73. The van der Waals surface area contributed by atoms with Gasteiger partial charge < -0.3 is 10.2 Å². The van der Waals surface area contributed by atoms with Crippen LogP contribution in [0.4, 0.5) is 0 Å². The Morgan fingerprint density at radius 3 is 2.60 bits per heavy atom. The van der Waals surface area contributed by atoms with Crippen LogP contribution in [0, 0.1) is 19.8 Å². The highest BCUT2D eigenvalue weighted by Gasteiger charge is 2.31. The summed E-state index contributed by atoms with van der Waals surface area (Å²) >= 11 is 0. The van der Waals surface area contributed by atoms with Gasteiger partial charge in [0.05, 0.1) is 0 Å². The van der Waals surface area contributed by atoms with Crippen molar-refractivity contribution in [2.24, 2.45) is 5.92 Å². The number of likely N-dealkylation sites (N-methyl/N-ethyl adjacent to an activating group) is 2. The summed E-state index contributed by atoms with van der Waals surface area (Å²) in [7, 11) is 2.28. The van der Waals surface area contributed by atoms with E-state index in [-0.39, 0.29) is 0 Å². The highest BCUT2D eigenvalue weighted by Crippen LogP contribution is 2.35. The summed E-state index contributed by atoms with van der Waals surface area (Å²) in [6.45, 7) is 11.1. The zero-order chi connectivity index (χ0) is 14.7. The third-order valence-electron chi connectivity index (χ3n) is 4.73. The lowest BCUT2D eigenvalue weighted by Crippen LogP contribution is -2.39. The molecule has 112 valence electrons. The van der Waals surface area contributed by atoms with Crippen LogP contribution in [0.1, 0.15) is 49.4 Å². The van der Waals surface area contributed by atoms with Crippen LogP contribution in [0.25, 0.3) is 0 Å². The maximum absolute atomic E-state index is 3.67. The Hall–Kier alpha value is -0.860. The first-order valence-corrected chi connectivity index (χ1v) is 8.03. The van der Waals surface area contributed by atoms with E-state index in [4.69, 9.17) is 0 Å². The van der Waals surface area contributed by atoms with E-state index in [1.807, 2.05) is 0 Å². The van der Waals surface area contributed by atoms with Gasteiger partial charge in [-0.15, -0.1) is 0 Å². The number of hydrogen-bond acceptors (Lipinski definition) is 2. The monoisotopic (exact) mass is 274 g/mol. The van der Waals surface area contributed by atoms with Gasteiger partial charge in [-0.25, -0.2) is 0 Å². The van der Waals surface area contributed by atoms with Crippen molar-refractivity contribution >= 4 is 0 Å². The molecule has 0 amide bonds. The molecular formula is C18H30N2. The van der Waals surface area contributed by atoms with E-state index in [1.54, 1.807) is 0 Å². The van der Waals surface area contributed by atoms with Gasteiger partial charge in [0.2, 0.25) is 0 Å². The molecule has 1 aliphatic carbocycles. The number of hydrogen-bond donors (Lipinski definition) is 1. The molecule has 2 unspecified atom stereocenters. The topological polar surface area (TPSA) is 15.3 Å². The molecule has 2 atom stereocenters. The smallest absolute Gasteiger partial charge is 0.0451 e. The van der Waals surface area contributed by atoms with Crippen molar-refractivity contribution in [2.45, 2.75) is 52.6 Å². The summed E-state index contributed by atoms with van der Waals surface area (Å²) in [6, 6.07) is 7.95. The Morgan fingerprint density at radius 2 is 2.00 bits per heavy atom. The van der Waals surface area contributed by atoms with Crippen LogP contribution in [0.3, 0.4) is 0 Å². The second-order valence-corrected chi connectivity index (χ2v) is 6.49. The number of benzene rings is 1. The summed E-state index contributed by atoms with van der Waals surface area (Å²) in [5.74, 6) is 0.931. The first kappa shape index (κ1) is 15.5. The molecule has 0 bridgehead atoms. The Bertz CT molecular complexity index is 437. The van der Waals surface area contributed by atoms with Gasteiger partial charge in [0.15, 0.2) is 0 Å². The lowest BCUT2D eigenvalue weighted by atomic mass is 9.98. The van der Waals surface area contributed by atoms with Crippen molar-refractivity contribution in [3.63, 3.8) is 0 Å². The Morgan fingerprint density at radius 1 is 1.30 bits per heavy atom. The highest BCUT2D eigenvalue weighted by atomic mass is 15.2. The Kier molecular flexibility index (Phi) is 5.22. The quantitative estimate of drug-likeness (QED) is 0.816. The SMILES string of the molecule is CCNC(CN(C)C(C)C1CC1)c1cc(C)ccc1C. The molecule has 0 spiro atoms. The van der Waals surface area contributed by atoms with E-state index >= 15 is 0 Å². The molecule has 0 aliphatic heterocycles. The maximum Gasteiger partial charge on any atom is 0.0451 e. The predicted octanol–water partition coefficient (Wildman–Crippen LogP) is 3.68. The van der Waals surface area contributed by atoms with Gasteiger partial charge in [-0.1, -0.05) is 30.7 Å². The number of rotatable bonds is 7. The summed E-state index contributed by atoms with van der Waals surface area (Å²) in [6.07, 6.45) is 2.84. The van der Waals surface area contributed by atoms with E-state index in [0.717, 1.165) is 19.0 Å². The van der Waals surface area contributed by atoms with Gasteiger partial charge in [-0.2, -0.15) is 0 Å². The second kappa shape index (κ2) is 6.73. The van der Waals surface area contributed by atoms with Crippen LogP contribution >= 0.6 is 0 Å². The van der Waals surface area contributed by atoms with Crippen molar-refractivity contribution in [2.75, 3.05) is 20.1 Å². The van der Waals surface area contributed by atoms with Crippen LogP contribution in [0.15, 0.2) is 18.2 Å². The maximum atomic E-state index is 3.67. The molecule has 1 N–H and O–H groups in total. The molecule has 1 aromatic rings. The lowest BCUT2D eigenvalue weighted by Gasteiger charge is -2.30. The average molecular weight is 274 g/mol. The van der Waals surface area contributed by atoms with Crippen LogP contribution in [0.5, 0.6) is 0 Å². The fourth-order valence-electron chi connectivity index (χ4n) is 3.05. The van der Waals surface area contributed by atoms with Crippen LogP contribution in [-0.2, 0) is 0 Å². The molecule has 2 nitrogen and oxygen atoms in total. The molecule has 0 radical (unpaired) electrons. The third kappa shape index (κ3) is 3.83. The van der Waals surface area contributed by atoms with E-state index in [2.05, 4.69) is 63.2 Å². The Balaban J connectivity index is 2.11. The van der Waals surface area contributed by atoms with E-state index < -0.39 is 0 Å². The first-order chi connectivity index (χ1) is 9.52. The van der Waals surface area contributed by atoms with Crippen molar-refractivity contribution < 1.29 is 0 Å². The van der Waals surface area contributed by atoms with Crippen LogP contribution in [0.2, 0.25) is 0 Å². The normalized spacial score (nSPS) is 18.3. The minimum absolute atomic E-state index is 0.436. The number of aryl methyl sites for hydroxylation is 2. The summed E-state index contributed by atoms with van der Waals surface area (Å²) in [5, 5.41) is 3.67. The number of nitrogens with one attached hydrogen (secondary N) is 1. The highest BCUT2D eigenvalue weighted by molar-refractivity contribution is 5.33. The van der Waals surface area contributed by atoms with Crippen molar-refractivity contribution in [1.29, 1.82) is 0 Å². The van der Waals surface area contributed by atoms with E-state index in [0.29, 0.717) is 12.1 Å². The summed E-state index contributed by atoms with van der Waals surface area (Å²) in [5.41, 5.74) is 4.21. The van der Waals surface area contributed by atoms with Gasteiger partial charge in [-0.3, -0.25) is 0 Å². The van der Waals surface area contributed by atoms with E-state index in [1.165, 1.54) is 29.5 Å². The molecule has 1 fully saturated rings. The van der Waals surface area contributed by atoms with Crippen molar-refractivity contribution in [3.05, 3.63) is 34.9 Å². The van der Waals surface area contributed by atoms with Gasteiger partial charge in [-0.05, 0) is 64.3 Å². The minimum atomic E-state index is 0.436. The molecule has 20 heavy (non-hydrogen) atoms. The standard InChI is InChI=1S/C18H30N2/c1-6-19-18(12-20(5)15(4)16-9-10-16)17-11-13(2)7-8-14(17)3/h7-8,11,15-16,18-19H,6,9-10,12H2,1-5H3. The molecule has 2 rings (SSSR count). The van der Waals surface area contributed by atoms with Gasteiger partial charge >= 0.3 is 0 Å². The average Bonchev–Trinajstić information content (AvgIpc) is 3.24. The first-order valence-electron chi connectivity index (χ1n) is 8.03. The lowest BCUT2D eigenvalue weighted by molar-refractivity contribution is 0.210. The Labute approximate surface area is 124 Å². The van der Waals surface area contributed by atoms with Gasteiger partial charge in [0.1, 0.15) is 0 Å². The largest absolute Gasteiger partial charge is 0.309 e. The van der Waals surface area contributed by atoms with Crippen molar-refractivity contribution in [1.82, 2.24) is 10.2 Å². The molecule has 0 saturated heterocycles. The zero-order valence-corrected chi connectivity index (χ0v) is 13.7.